The minimum Gasteiger partial charge on any atom is -0.618 e. The van der Waals surface area contributed by atoms with Crippen LogP contribution in [-0.4, -0.2) is 47.9 Å². The molecule has 3 rings (SSSR count). The van der Waals surface area contributed by atoms with Crippen LogP contribution >= 0.6 is 0 Å². The number of ether oxygens (including phenoxy) is 4. The first-order valence-corrected chi connectivity index (χ1v) is 7.60. The van der Waals surface area contributed by atoms with E-state index in [1.54, 1.807) is 30.3 Å². The van der Waals surface area contributed by atoms with Gasteiger partial charge in [-0.3, -0.25) is 0 Å². The van der Waals surface area contributed by atoms with Gasteiger partial charge in [0.25, 0.3) is 0 Å². The molecule has 0 unspecified atom stereocenters. The van der Waals surface area contributed by atoms with Crippen molar-refractivity contribution in [3.8, 4) is 0 Å². The van der Waals surface area contributed by atoms with Crippen LogP contribution in [0.4, 0.5) is 5.69 Å². The van der Waals surface area contributed by atoms with Gasteiger partial charge in [-0.1, -0.05) is 24.3 Å². The van der Waals surface area contributed by atoms with E-state index in [0.717, 1.165) is 4.74 Å². The summed E-state index contributed by atoms with van der Waals surface area (Å²) in [7, 11) is 0. The second-order valence-electron chi connectivity index (χ2n) is 5.97. The molecule has 0 aromatic heterocycles. The third-order valence-electron chi connectivity index (χ3n) is 3.73. The van der Waals surface area contributed by atoms with Crippen LogP contribution in [0.2, 0.25) is 0 Å². The van der Waals surface area contributed by atoms with Crippen molar-refractivity contribution in [3.63, 3.8) is 0 Å². The standard InChI is InChI=1S/C17H21NO5/c1-4-10-20-14-13(11-18(19)12-8-6-5-7-9-12)21-16-15(14)22-17(2,3)23-16/h4-9,11,13-16H,1,10H2,2-3H3/b18-11-/t13-,14+,15-,16-/m1/s1. The minimum absolute atomic E-state index is 0.343. The number of benzene rings is 1. The molecule has 0 saturated carbocycles. The van der Waals surface area contributed by atoms with Crippen molar-refractivity contribution >= 4 is 11.9 Å². The molecule has 6 heteroatoms. The van der Waals surface area contributed by atoms with Gasteiger partial charge >= 0.3 is 0 Å². The number of para-hydroxylation sites is 1. The van der Waals surface area contributed by atoms with E-state index in [2.05, 4.69) is 6.58 Å². The quantitative estimate of drug-likeness (QED) is 0.274. The van der Waals surface area contributed by atoms with Crippen LogP contribution in [0, 0.1) is 5.21 Å². The Kier molecular flexibility index (Phi) is 4.50. The predicted octanol–water partition coefficient (Wildman–Crippen LogP) is 2.35. The zero-order valence-electron chi connectivity index (χ0n) is 13.3. The highest BCUT2D eigenvalue weighted by Gasteiger charge is 2.56. The van der Waals surface area contributed by atoms with Crippen LogP contribution in [0.1, 0.15) is 13.8 Å². The Morgan fingerprint density at radius 2 is 2.04 bits per heavy atom. The smallest absolute Gasteiger partial charge is 0.216 e. The molecule has 0 spiro atoms. The highest BCUT2D eigenvalue weighted by atomic mass is 16.8. The number of hydrogen-bond acceptors (Lipinski definition) is 5. The Bertz CT molecular complexity index is 586. The first-order chi connectivity index (χ1) is 11.0. The normalized spacial score (nSPS) is 32.7. The maximum atomic E-state index is 12.3. The zero-order chi connectivity index (χ0) is 16.4. The molecule has 0 bridgehead atoms. The summed E-state index contributed by atoms with van der Waals surface area (Å²) in [4.78, 5) is 0. The molecule has 4 atom stereocenters. The van der Waals surface area contributed by atoms with Gasteiger partial charge in [0.05, 0.1) is 6.61 Å². The van der Waals surface area contributed by atoms with Crippen LogP contribution in [0.15, 0.2) is 43.0 Å². The van der Waals surface area contributed by atoms with E-state index in [4.69, 9.17) is 18.9 Å². The first-order valence-electron chi connectivity index (χ1n) is 7.60. The summed E-state index contributed by atoms with van der Waals surface area (Å²) in [5.74, 6) is -0.729. The molecule has 1 aromatic carbocycles. The molecule has 2 saturated heterocycles. The van der Waals surface area contributed by atoms with E-state index in [0.29, 0.717) is 12.3 Å². The lowest BCUT2D eigenvalue weighted by Crippen LogP contribution is -2.38. The summed E-state index contributed by atoms with van der Waals surface area (Å²) >= 11 is 0. The SMILES string of the molecule is C=CCO[C@@H]1[C@H]2OC(C)(C)O[C@H]2O[C@@H]1/C=[N+](\[O-])c1ccccc1. The molecule has 2 fully saturated rings. The second kappa shape index (κ2) is 6.41. The monoisotopic (exact) mass is 319 g/mol. The van der Waals surface area contributed by atoms with E-state index in [-0.39, 0.29) is 6.10 Å². The average Bonchev–Trinajstić information content (AvgIpc) is 2.97. The molecule has 2 aliphatic rings. The van der Waals surface area contributed by atoms with Gasteiger partial charge in [0.2, 0.25) is 5.69 Å². The Labute approximate surface area is 135 Å². The van der Waals surface area contributed by atoms with Crippen molar-refractivity contribution in [3.05, 3.63) is 48.2 Å². The number of rotatable bonds is 5. The highest BCUT2D eigenvalue weighted by Crippen LogP contribution is 2.38. The third-order valence-corrected chi connectivity index (χ3v) is 3.73. The number of nitrogens with zero attached hydrogens (tertiary/aromatic N) is 1. The second-order valence-corrected chi connectivity index (χ2v) is 5.97. The average molecular weight is 319 g/mol. The van der Waals surface area contributed by atoms with Gasteiger partial charge in [0.15, 0.2) is 24.4 Å². The van der Waals surface area contributed by atoms with Gasteiger partial charge in [-0.25, -0.2) is 0 Å². The van der Waals surface area contributed by atoms with Crippen molar-refractivity contribution < 1.29 is 23.7 Å². The van der Waals surface area contributed by atoms with E-state index in [1.165, 1.54) is 6.21 Å². The number of hydrogen-bond donors (Lipinski definition) is 0. The molecule has 124 valence electrons. The summed E-state index contributed by atoms with van der Waals surface area (Å²) in [6.45, 7) is 7.63. The zero-order valence-corrected chi connectivity index (χ0v) is 13.3. The third kappa shape index (κ3) is 3.45. The van der Waals surface area contributed by atoms with E-state index >= 15 is 0 Å². The fourth-order valence-electron chi connectivity index (χ4n) is 2.79. The summed E-state index contributed by atoms with van der Waals surface area (Å²) in [6.07, 6.45) is 1.18. The summed E-state index contributed by atoms with van der Waals surface area (Å²) < 4.78 is 23.9. The van der Waals surface area contributed by atoms with Crippen LogP contribution < -0.4 is 0 Å². The summed E-state index contributed by atoms with van der Waals surface area (Å²) in [5.41, 5.74) is 0.526. The Balaban J connectivity index is 1.80. The van der Waals surface area contributed by atoms with Crippen molar-refractivity contribution in [2.75, 3.05) is 6.61 Å². The predicted molar refractivity (Wildman–Crippen MR) is 84.4 cm³/mol. The molecular weight excluding hydrogens is 298 g/mol. The lowest BCUT2D eigenvalue weighted by molar-refractivity contribution is -0.361. The van der Waals surface area contributed by atoms with E-state index in [1.807, 2.05) is 19.9 Å². The summed E-state index contributed by atoms with van der Waals surface area (Å²) in [5, 5.41) is 12.3. The van der Waals surface area contributed by atoms with Crippen molar-refractivity contribution in [2.45, 2.75) is 44.2 Å². The molecular formula is C17H21NO5. The van der Waals surface area contributed by atoms with Gasteiger partial charge in [-0.05, 0) is 13.8 Å². The van der Waals surface area contributed by atoms with Crippen molar-refractivity contribution in [1.29, 1.82) is 0 Å². The maximum Gasteiger partial charge on any atom is 0.216 e. The molecule has 2 aliphatic heterocycles. The Morgan fingerprint density at radius 1 is 1.30 bits per heavy atom. The maximum absolute atomic E-state index is 12.3. The van der Waals surface area contributed by atoms with Crippen LogP contribution in [0.3, 0.4) is 0 Å². The fourth-order valence-corrected chi connectivity index (χ4v) is 2.79. The lowest BCUT2D eigenvalue weighted by atomic mass is 10.1. The minimum atomic E-state index is -0.729. The van der Waals surface area contributed by atoms with Crippen molar-refractivity contribution in [2.24, 2.45) is 0 Å². The fraction of sp³-hybridized carbons (Fsp3) is 0.471. The Morgan fingerprint density at radius 3 is 2.74 bits per heavy atom. The highest BCUT2D eigenvalue weighted by molar-refractivity contribution is 5.61. The van der Waals surface area contributed by atoms with Gasteiger partial charge in [-0.15, -0.1) is 6.58 Å². The van der Waals surface area contributed by atoms with Crippen LogP contribution in [-0.2, 0) is 18.9 Å². The van der Waals surface area contributed by atoms with Gasteiger partial charge in [0, 0.05) is 12.1 Å². The van der Waals surface area contributed by atoms with Crippen LogP contribution in [0.5, 0.6) is 0 Å². The van der Waals surface area contributed by atoms with E-state index < -0.39 is 24.3 Å². The molecule has 23 heavy (non-hydrogen) atoms. The van der Waals surface area contributed by atoms with Gasteiger partial charge in [0.1, 0.15) is 12.2 Å². The molecule has 0 aliphatic carbocycles. The van der Waals surface area contributed by atoms with E-state index in [9.17, 15) is 5.21 Å². The largest absolute Gasteiger partial charge is 0.618 e. The first kappa shape index (κ1) is 16.1. The number of fused-ring (bicyclic) bond motifs is 1. The lowest BCUT2D eigenvalue weighted by Gasteiger charge is -2.23. The molecule has 0 N–H and O–H groups in total. The van der Waals surface area contributed by atoms with Gasteiger partial charge in [-0.2, -0.15) is 4.74 Å². The Hall–Kier alpha value is -1.73. The molecule has 2 heterocycles. The van der Waals surface area contributed by atoms with Gasteiger partial charge < -0.3 is 24.2 Å². The van der Waals surface area contributed by atoms with Crippen molar-refractivity contribution in [1.82, 2.24) is 0 Å². The topological polar surface area (TPSA) is 63.0 Å². The van der Waals surface area contributed by atoms with Crippen LogP contribution in [0.25, 0.3) is 0 Å². The molecule has 6 nitrogen and oxygen atoms in total. The molecule has 0 radical (unpaired) electrons. The molecule has 0 amide bonds. The molecule has 1 aromatic rings. The summed E-state index contributed by atoms with van der Waals surface area (Å²) in [6, 6.07) is 8.93.